The van der Waals surface area contributed by atoms with Gasteiger partial charge in [0.2, 0.25) is 17.7 Å². The Kier molecular flexibility index (Phi) is 51.1. The van der Waals surface area contributed by atoms with Crippen molar-refractivity contribution in [3.63, 3.8) is 0 Å². The van der Waals surface area contributed by atoms with E-state index >= 15 is 0 Å². The van der Waals surface area contributed by atoms with Crippen molar-refractivity contribution in [3.8, 4) is 0 Å². The molecule has 5 aliphatic heterocycles. The summed E-state index contributed by atoms with van der Waals surface area (Å²) in [6, 6.07) is -4.87. The third-order valence-corrected chi connectivity index (χ3v) is 23.8. The fraction of sp³-hybridized carbons (Fsp3) is 0.906. The maximum absolute atomic E-state index is 14.2. The van der Waals surface area contributed by atoms with Gasteiger partial charge in [0.1, 0.15) is 103 Å². The average Bonchev–Trinajstić information content (AvgIpc) is 0.745. The SMILES string of the molecule is CCCCCCCCC=CCCCCCCCCCCCCCC(=O)N[C@@H](CO[C@@H]1O[C@H](CO)[C@@H](O[C@@H]2O[C@H](CO)[C@H](O[C@@H]3O[C@H](CO)[C@H](O)[C@H](O)[C@H]3CC(C)=O)[C@H](O[C@]3(C(=O)O)C[C@H](O)[C@@H](NC(C)=O)C([C@H](O)[C@@H](CO)O[C@]4(C(=O)O)C[C@H](O)[C@@H](NC(C)=O)C([C@H](O)[C@H](O)CO)O4)O3)[C@H]2O)[C@H](O)[C@H]1O)[C@H](O)CCCCCCCCCCCCCCC. The molecule has 29 atom stereocenters. The molecule has 37 heteroatoms. The van der Waals surface area contributed by atoms with Crippen molar-refractivity contribution in [2.75, 3.05) is 39.6 Å². The van der Waals surface area contributed by atoms with Crippen LogP contribution in [0.4, 0.5) is 0 Å². The highest BCUT2D eigenvalue weighted by Crippen LogP contribution is 2.43. The molecule has 5 saturated heterocycles. The summed E-state index contributed by atoms with van der Waals surface area (Å²) in [5.74, 6) is -15.8. The number of nitrogens with one attached hydrogen (secondary N) is 3. The topological polar surface area (TPSA) is 595 Å². The predicted molar refractivity (Wildman–Crippen MR) is 436 cm³/mol. The number of carboxylic acid groups (broad SMARTS) is 2. The standard InChI is InChI=1S/C85H151N3O34/c1-6-8-10-12-14-16-18-20-21-22-23-24-25-26-27-29-31-33-35-37-39-41-64(101)88-55(56(97)40-38-36-34-32-30-28-19-17-15-13-11-9-7-2)50-113-80-72(107)71(106)74(62(48-92)115-80)117-81-73(108)78(75(63(49-93)116-81)118-79-54(42-51(3)94)67(102)69(104)60(46-90)114-79)122-85(83(111)112)44-58(99)66(87-53(5)96)77(121-85)70(105)61(47-91)119-84(82(109)110)43-57(98)65(86-52(4)95)76(120-84)68(103)59(100)45-89/h20-21,54-63,65-81,89-93,97-100,102-108H,6-19,22-50H2,1-5H3,(H,86,95)(H,87,96)(H,88,101)(H,109,110)(H,111,112)/t54-,55+,56-,57+,58+,59-,60-,61-,62-,63-,65-,66-,67-,68-,69+,70-,71-,72-,73-,74-,75+,76?,77?,78-,79+,80-,81+,84-,85+/m1/s1. The largest absolute Gasteiger partial charge is 0.477 e. The molecule has 21 N–H and O–H groups in total. The summed E-state index contributed by atoms with van der Waals surface area (Å²) in [4.78, 5) is 79.4. The zero-order chi connectivity index (χ0) is 90.1. The van der Waals surface area contributed by atoms with Gasteiger partial charge in [0, 0.05) is 45.4 Å². The lowest BCUT2D eigenvalue weighted by atomic mass is 9.86. The molecule has 5 rings (SSSR count). The summed E-state index contributed by atoms with van der Waals surface area (Å²) in [5.41, 5.74) is 0. The van der Waals surface area contributed by atoms with Crippen LogP contribution >= 0.6 is 0 Å². The van der Waals surface area contributed by atoms with Crippen LogP contribution in [-0.2, 0) is 76.1 Å². The highest BCUT2D eigenvalue weighted by Gasteiger charge is 2.64. The first-order chi connectivity index (χ1) is 58.3. The third-order valence-electron chi connectivity index (χ3n) is 23.8. The van der Waals surface area contributed by atoms with Crippen molar-refractivity contribution in [2.45, 2.75) is 443 Å². The van der Waals surface area contributed by atoms with Crippen molar-refractivity contribution < 1.29 is 168 Å². The molecule has 710 valence electrons. The van der Waals surface area contributed by atoms with Crippen LogP contribution in [0.5, 0.6) is 0 Å². The maximum Gasteiger partial charge on any atom is 0.364 e. The van der Waals surface area contributed by atoms with Crippen LogP contribution in [0.25, 0.3) is 0 Å². The fourth-order valence-electron chi connectivity index (χ4n) is 16.7. The monoisotopic (exact) mass is 1760 g/mol. The second-order valence-corrected chi connectivity index (χ2v) is 33.9. The molecule has 0 saturated carbocycles. The van der Waals surface area contributed by atoms with Crippen LogP contribution in [0.15, 0.2) is 12.2 Å². The van der Waals surface area contributed by atoms with E-state index in [4.69, 9.17) is 47.4 Å². The van der Waals surface area contributed by atoms with E-state index in [9.17, 15) is 121 Å². The van der Waals surface area contributed by atoms with Crippen molar-refractivity contribution in [1.82, 2.24) is 16.0 Å². The summed E-state index contributed by atoms with van der Waals surface area (Å²) in [6.07, 6.45) is -11.6. The number of Topliss-reactive ketones (excluding diaryl/α,β-unsaturated/α-hetero) is 1. The number of unbranched alkanes of at least 4 members (excludes halogenated alkanes) is 29. The number of allylic oxidation sites excluding steroid dienone is 2. The van der Waals surface area contributed by atoms with Crippen molar-refractivity contribution >= 4 is 35.4 Å². The van der Waals surface area contributed by atoms with Crippen molar-refractivity contribution in [3.05, 3.63) is 12.2 Å². The normalized spacial score (nSPS) is 32.3. The molecule has 0 radical (unpaired) electrons. The number of carbonyl (C=O) groups is 6. The summed E-state index contributed by atoms with van der Waals surface area (Å²) in [5, 5.41) is 211. The molecule has 122 heavy (non-hydrogen) atoms. The Morgan fingerprint density at radius 2 is 0.893 bits per heavy atom. The van der Waals surface area contributed by atoms with Crippen LogP contribution in [-0.4, -0.2) is 338 Å². The van der Waals surface area contributed by atoms with Gasteiger partial charge < -0.3 is 160 Å². The molecule has 0 spiro atoms. The number of rotatable bonds is 63. The molecular formula is C85H151N3O34. The quantitative estimate of drug-likeness (QED) is 0.0304. The van der Waals surface area contributed by atoms with Gasteiger partial charge in [-0.05, 0) is 45.4 Å². The highest BCUT2D eigenvalue weighted by atomic mass is 16.8. The Hall–Kier alpha value is -4.28. The molecule has 5 fully saturated rings. The number of hydrogen-bond donors (Lipinski definition) is 21. The number of amides is 3. The number of hydrogen-bond acceptors (Lipinski definition) is 32. The Morgan fingerprint density at radius 1 is 0.459 bits per heavy atom. The van der Waals surface area contributed by atoms with E-state index in [1.165, 1.54) is 122 Å². The molecule has 0 aromatic heterocycles. The molecule has 2 unspecified atom stereocenters. The predicted octanol–water partition coefficient (Wildman–Crippen LogP) is 1.74. The van der Waals surface area contributed by atoms with Gasteiger partial charge in [-0.15, -0.1) is 0 Å². The molecule has 0 aliphatic carbocycles. The Morgan fingerprint density at radius 3 is 1.36 bits per heavy atom. The van der Waals surface area contributed by atoms with E-state index in [0.29, 0.717) is 12.8 Å². The maximum atomic E-state index is 14.2. The van der Waals surface area contributed by atoms with Gasteiger partial charge in [-0.3, -0.25) is 14.4 Å². The highest BCUT2D eigenvalue weighted by molar-refractivity contribution is 5.78. The van der Waals surface area contributed by atoms with Crippen LogP contribution in [0, 0.1) is 5.92 Å². The van der Waals surface area contributed by atoms with Gasteiger partial charge in [0.25, 0.3) is 11.6 Å². The van der Waals surface area contributed by atoms with Gasteiger partial charge in [-0.2, -0.15) is 0 Å². The van der Waals surface area contributed by atoms with E-state index in [-0.39, 0.29) is 18.7 Å². The van der Waals surface area contributed by atoms with E-state index in [1.807, 2.05) is 0 Å². The zero-order valence-corrected chi connectivity index (χ0v) is 72.2. The zero-order valence-electron chi connectivity index (χ0n) is 72.2. The Labute approximate surface area is 717 Å². The fourth-order valence-corrected chi connectivity index (χ4v) is 16.7. The molecule has 5 aliphatic rings. The summed E-state index contributed by atoms with van der Waals surface area (Å²) < 4.78 is 60.3. The molecule has 0 aromatic carbocycles. The van der Waals surface area contributed by atoms with Gasteiger partial charge >= 0.3 is 11.9 Å². The molecule has 3 amide bonds. The van der Waals surface area contributed by atoms with Gasteiger partial charge in [-0.25, -0.2) is 9.59 Å². The number of aliphatic hydroxyl groups excluding tert-OH is 16. The molecule has 5 heterocycles. The summed E-state index contributed by atoms with van der Waals surface area (Å²) in [7, 11) is 0. The number of ether oxygens (including phenoxy) is 10. The lowest BCUT2D eigenvalue weighted by Gasteiger charge is -2.52. The van der Waals surface area contributed by atoms with Crippen LogP contribution < -0.4 is 16.0 Å². The smallest absolute Gasteiger partial charge is 0.364 e. The first-order valence-corrected chi connectivity index (χ1v) is 44.9. The lowest BCUT2D eigenvalue weighted by molar-refractivity contribution is -0.404. The Balaban J connectivity index is 1.38. The minimum Gasteiger partial charge on any atom is -0.477 e. The van der Waals surface area contributed by atoms with E-state index in [2.05, 4.69) is 41.9 Å². The number of ketones is 1. The average molecular weight is 1760 g/mol. The van der Waals surface area contributed by atoms with Gasteiger partial charge in [0.05, 0.1) is 82.2 Å². The van der Waals surface area contributed by atoms with E-state index in [0.717, 1.165) is 91.4 Å². The van der Waals surface area contributed by atoms with Gasteiger partial charge in [-0.1, -0.05) is 199 Å². The molecule has 37 nitrogen and oxygen atoms in total. The van der Waals surface area contributed by atoms with E-state index in [1.54, 1.807) is 0 Å². The number of aliphatic hydroxyl groups is 16. The van der Waals surface area contributed by atoms with Crippen molar-refractivity contribution in [2.24, 2.45) is 5.92 Å². The number of carbonyl (C=O) groups excluding carboxylic acids is 4. The lowest BCUT2D eigenvalue weighted by Crippen LogP contribution is -2.72. The second-order valence-electron chi connectivity index (χ2n) is 33.9. The molecule has 0 bridgehead atoms. The third kappa shape index (κ3) is 34.3. The summed E-state index contributed by atoms with van der Waals surface area (Å²) >= 11 is 0. The van der Waals surface area contributed by atoms with Crippen LogP contribution in [0.3, 0.4) is 0 Å². The first kappa shape index (κ1) is 108. The summed E-state index contributed by atoms with van der Waals surface area (Å²) in [6.45, 7) is 0.810. The first-order valence-electron chi connectivity index (χ1n) is 44.9. The Bertz CT molecular complexity index is 2970. The minimum absolute atomic E-state index is 0.135. The second kappa shape index (κ2) is 57.6. The number of aliphatic carboxylic acids is 2. The van der Waals surface area contributed by atoms with Crippen LogP contribution in [0.2, 0.25) is 0 Å². The van der Waals surface area contributed by atoms with Gasteiger partial charge in [0.15, 0.2) is 18.9 Å². The van der Waals surface area contributed by atoms with Crippen molar-refractivity contribution in [1.29, 1.82) is 0 Å². The molecule has 0 aromatic rings. The molecular weight excluding hydrogens is 1610 g/mol. The van der Waals surface area contributed by atoms with E-state index < -0.39 is 265 Å². The van der Waals surface area contributed by atoms with Crippen LogP contribution in [0.1, 0.15) is 272 Å². The number of carboxylic acids is 2. The minimum atomic E-state index is -3.57.